The number of rotatable bonds is 8. The van der Waals surface area contributed by atoms with Crippen molar-refractivity contribution in [3.05, 3.63) is 29.5 Å². The first-order valence-corrected chi connectivity index (χ1v) is 12.7. The molecule has 0 unspecified atom stereocenters. The molecule has 1 aromatic carbocycles. The normalized spacial score (nSPS) is 17.1. The van der Waals surface area contributed by atoms with Crippen LogP contribution in [0.1, 0.15) is 61.5 Å². The zero-order valence-electron chi connectivity index (χ0n) is 21.0. The summed E-state index contributed by atoms with van der Waals surface area (Å²) >= 11 is 0. The van der Waals surface area contributed by atoms with Crippen LogP contribution in [0.4, 0.5) is 0 Å². The van der Waals surface area contributed by atoms with Crippen LogP contribution >= 0.6 is 0 Å². The number of aromatic hydroxyl groups is 2. The molecular formula is C27H37N3O5. The van der Waals surface area contributed by atoms with Crippen LogP contribution in [0.5, 0.6) is 23.1 Å². The number of carbonyl (C=O) groups excluding carboxylic acids is 1. The van der Waals surface area contributed by atoms with E-state index in [1.165, 1.54) is 12.8 Å². The molecule has 2 aromatic rings. The van der Waals surface area contributed by atoms with E-state index < -0.39 is 11.8 Å². The van der Waals surface area contributed by atoms with Gasteiger partial charge in [-0.25, -0.2) is 4.98 Å². The van der Waals surface area contributed by atoms with Gasteiger partial charge in [-0.05, 0) is 63.7 Å². The highest BCUT2D eigenvalue weighted by molar-refractivity contribution is 6.02. The van der Waals surface area contributed by atoms with Crippen molar-refractivity contribution in [2.24, 2.45) is 0 Å². The Balaban J connectivity index is 1.72. The lowest BCUT2D eigenvalue weighted by Crippen LogP contribution is -2.46. The second kappa shape index (κ2) is 11.2. The van der Waals surface area contributed by atoms with E-state index >= 15 is 0 Å². The number of likely N-dealkylation sites (tertiary alicyclic amines) is 2. The molecule has 2 saturated heterocycles. The number of pyridine rings is 1. The Morgan fingerprint density at radius 3 is 2.23 bits per heavy atom. The fourth-order valence-electron chi connectivity index (χ4n) is 5.39. The van der Waals surface area contributed by atoms with Crippen LogP contribution in [0.2, 0.25) is 0 Å². The topological polar surface area (TPSA) is 95.4 Å². The van der Waals surface area contributed by atoms with Crippen LogP contribution in [0.15, 0.2) is 18.2 Å². The lowest BCUT2D eigenvalue weighted by atomic mass is 9.95. The van der Waals surface area contributed by atoms with E-state index in [9.17, 15) is 15.0 Å². The second-order valence-electron chi connectivity index (χ2n) is 9.39. The highest BCUT2D eigenvalue weighted by Crippen LogP contribution is 2.47. The number of unbranched alkanes of at least 4 members (excludes halogenated alkanes) is 1. The fraction of sp³-hybridized carbons (Fsp3) is 0.556. The number of hydrogen-bond donors (Lipinski definition) is 2. The number of ether oxygens (including phenoxy) is 2. The maximum absolute atomic E-state index is 13.6. The highest BCUT2D eigenvalue weighted by Gasteiger charge is 2.34. The van der Waals surface area contributed by atoms with E-state index in [2.05, 4.69) is 16.8 Å². The van der Waals surface area contributed by atoms with Crippen molar-refractivity contribution >= 4 is 5.91 Å². The molecule has 2 fully saturated rings. The van der Waals surface area contributed by atoms with E-state index in [1.807, 2.05) is 0 Å². The molecule has 8 heteroatoms. The van der Waals surface area contributed by atoms with Crippen LogP contribution in [-0.2, 0) is 6.42 Å². The number of nitrogens with zero attached hydrogens (tertiary/aromatic N) is 3. The van der Waals surface area contributed by atoms with Gasteiger partial charge in [0.2, 0.25) is 5.88 Å². The lowest BCUT2D eigenvalue weighted by molar-refractivity contribution is 0.0638. The Labute approximate surface area is 207 Å². The van der Waals surface area contributed by atoms with Gasteiger partial charge in [0.05, 0.1) is 31.0 Å². The number of piperidine rings is 1. The van der Waals surface area contributed by atoms with Crippen LogP contribution < -0.4 is 9.47 Å². The van der Waals surface area contributed by atoms with E-state index in [-0.39, 0.29) is 11.3 Å². The highest BCUT2D eigenvalue weighted by atomic mass is 16.5. The first-order chi connectivity index (χ1) is 17.0. The van der Waals surface area contributed by atoms with Gasteiger partial charge in [-0.3, -0.25) is 4.79 Å². The summed E-state index contributed by atoms with van der Waals surface area (Å²) in [7, 11) is 3.09. The first kappa shape index (κ1) is 25.1. The number of amides is 1. The molecule has 0 spiro atoms. The van der Waals surface area contributed by atoms with Crippen molar-refractivity contribution < 1.29 is 24.5 Å². The van der Waals surface area contributed by atoms with Crippen molar-refractivity contribution in [3.8, 4) is 34.3 Å². The van der Waals surface area contributed by atoms with Crippen molar-refractivity contribution in [2.75, 3.05) is 40.4 Å². The summed E-state index contributed by atoms with van der Waals surface area (Å²) in [4.78, 5) is 22.2. The number of aromatic nitrogens is 1. The average Bonchev–Trinajstić information content (AvgIpc) is 3.42. The zero-order chi connectivity index (χ0) is 24.9. The standard InChI is InChI=1S/C27H37N3O5/c1-4-5-9-19-22(23-20(34-2)10-8-11-21(23)35-3)25(31)24(26(32)28-19)27(33)30-16-12-18(13-17-30)29-14-6-7-15-29/h8,10-11,18H,4-7,9,12-17H2,1-3H3,(H2,28,31,32). The van der Waals surface area contributed by atoms with E-state index in [0.717, 1.165) is 38.8 Å². The van der Waals surface area contributed by atoms with Gasteiger partial charge < -0.3 is 29.5 Å². The monoisotopic (exact) mass is 483 g/mol. The summed E-state index contributed by atoms with van der Waals surface area (Å²) < 4.78 is 11.2. The predicted molar refractivity (Wildman–Crippen MR) is 134 cm³/mol. The van der Waals surface area contributed by atoms with Crippen LogP contribution in [0.3, 0.4) is 0 Å². The van der Waals surface area contributed by atoms with Gasteiger partial charge in [0, 0.05) is 19.1 Å². The predicted octanol–water partition coefficient (Wildman–Crippen LogP) is 4.22. The van der Waals surface area contributed by atoms with Crippen molar-refractivity contribution in [1.82, 2.24) is 14.8 Å². The number of carbonyl (C=O) groups is 1. The smallest absolute Gasteiger partial charge is 0.263 e. The molecule has 2 aliphatic rings. The Hall–Kier alpha value is -3.00. The average molecular weight is 484 g/mol. The summed E-state index contributed by atoms with van der Waals surface area (Å²) in [5, 5.41) is 22.3. The molecular weight excluding hydrogens is 446 g/mol. The summed E-state index contributed by atoms with van der Waals surface area (Å²) in [6.45, 7) is 5.50. The zero-order valence-corrected chi connectivity index (χ0v) is 21.0. The summed E-state index contributed by atoms with van der Waals surface area (Å²) in [6.07, 6.45) is 6.53. The Kier molecular flexibility index (Phi) is 8.00. The molecule has 3 heterocycles. The third-order valence-electron chi connectivity index (χ3n) is 7.29. The molecule has 0 bridgehead atoms. The van der Waals surface area contributed by atoms with Crippen LogP contribution in [0, 0.1) is 0 Å². The molecule has 35 heavy (non-hydrogen) atoms. The third-order valence-corrected chi connectivity index (χ3v) is 7.29. The van der Waals surface area contributed by atoms with Gasteiger partial charge in [-0.2, -0.15) is 0 Å². The SMILES string of the molecule is CCCCc1nc(O)c(C(=O)N2CCC(N3CCCC3)CC2)c(O)c1-c1c(OC)cccc1OC. The molecule has 1 aromatic heterocycles. The molecule has 4 rings (SSSR count). The molecule has 1 amide bonds. The largest absolute Gasteiger partial charge is 0.506 e. The number of methoxy groups -OCH3 is 2. The van der Waals surface area contributed by atoms with Gasteiger partial charge in [-0.1, -0.05) is 19.4 Å². The van der Waals surface area contributed by atoms with Crippen molar-refractivity contribution in [3.63, 3.8) is 0 Å². The Bertz CT molecular complexity index is 1020. The second-order valence-corrected chi connectivity index (χ2v) is 9.39. The molecule has 0 radical (unpaired) electrons. The molecule has 0 atom stereocenters. The summed E-state index contributed by atoms with van der Waals surface area (Å²) in [5.74, 6) is -0.120. The molecule has 2 aliphatic heterocycles. The molecule has 8 nitrogen and oxygen atoms in total. The van der Waals surface area contributed by atoms with Gasteiger partial charge in [0.25, 0.3) is 5.91 Å². The maximum atomic E-state index is 13.6. The maximum Gasteiger partial charge on any atom is 0.263 e. The van der Waals surface area contributed by atoms with Gasteiger partial charge in [-0.15, -0.1) is 0 Å². The third kappa shape index (κ3) is 5.03. The van der Waals surface area contributed by atoms with E-state index in [4.69, 9.17) is 9.47 Å². The Morgan fingerprint density at radius 2 is 1.66 bits per heavy atom. The molecule has 190 valence electrons. The Morgan fingerprint density at radius 1 is 1.03 bits per heavy atom. The summed E-state index contributed by atoms with van der Waals surface area (Å²) in [6, 6.07) is 5.84. The van der Waals surface area contributed by atoms with E-state index in [1.54, 1.807) is 37.3 Å². The van der Waals surface area contributed by atoms with Crippen molar-refractivity contribution in [1.29, 1.82) is 0 Å². The van der Waals surface area contributed by atoms with Gasteiger partial charge in [0.1, 0.15) is 22.8 Å². The van der Waals surface area contributed by atoms with Crippen LogP contribution in [-0.4, -0.2) is 77.3 Å². The van der Waals surface area contributed by atoms with E-state index in [0.29, 0.717) is 53.9 Å². The molecule has 2 N–H and O–H groups in total. The fourth-order valence-corrected chi connectivity index (χ4v) is 5.39. The minimum absolute atomic E-state index is 0.159. The van der Waals surface area contributed by atoms with Gasteiger partial charge in [0.15, 0.2) is 0 Å². The molecule has 0 aliphatic carbocycles. The van der Waals surface area contributed by atoms with Crippen LogP contribution in [0.25, 0.3) is 11.1 Å². The van der Waals surface area contributed by atoms with Gasteiger partial charge >= 0.3 is 0 Å². The minimum Gasteiger partial charge on any atom is -0.506 e. The first-order valence-electron chi connectivity index (χ1n) is 12.7. The number of hydrogen-bond acceptors (Lipinski definition) is 7. The molecule has 0 saturated carbocycles. The quantitative estimate of drug-likeness (QED) is 0.580. The number of benzene rings is 1. The minimum atomic E-state index is -0.433. The summed E-state index contributed by atoms with van der Waals surface area (Å²) in [5.41, 5.74) is 1.25. The lowest BCUT2D eigenvalue weighted by Gasteiger charge is -2.36. The number of aryl methyl sites for hydroxylation is 1. The van der Waals surface area contributed by atoms with Crippen molar-refractivity contribution in [2.45, 2.75) is 57.9 Å².